The molecule has 1 amide bonds. The Morgan fingerprint density at radius 2 is 1.79 bits per heavy atom. The van der Waals surface area contributed by atoms with Gasteiger partial charge in [0, 0.05) is 17.9 Å². The van der Waals surface area contributed by atoms with Crippen molar-refractivity contribution in [3.63, 3.8) is 0 Å². The number of phenols is 1. The molecule has 174 valence electrons. The first-order valence-electron chi connectivity index (χ1n) is 9.79. The summed E-state index contributed by atoms with van der Waals surface area (Å²) >= 11 is 0. The summed E-state index contributed by atoms with van der Waals surface area (Å²) in [4.78, 5) is 37.2. The second-order valence-electron chi connectivity index (χ2n) is 8.37. The number of nitrogens with two attached hydrogens (primary N) is 1. The maximum Gasteiger partial charge on any atom is 0.416 e. The second kappa shape index (κ2) is 6.95. The number of phenolic OH excluding ortho intramolecular Hbond substituents is 1. The molecule has 1 saturated carbocycles. The molecule has 3 aliphatic rings. The number of aromatic hydroxyl groups is 1. The molecule has 11 heteroatoms. The van der Waals surface area contributed by atoms with E-state index in [9.17, 15) is 48.0 Å². The standard InChI is InChI=1S/C22H18F3NO7/c1-7(22(23,24)25)10-2-3-12(27)15-11(10)5-8-4-9-6-13(28)16(20(26)32)19(31)21(9,33)18(30)14(8)17(15)29/h2-3,8-9,27,29,31,33H,1,4-6H2,(H2,26,32). The van der Waals surface area contributed by atoms with E-state index in [1.54, 1.807) is 0 Å². The van der Waals surface area contributed by atoms with Crippen molar-refractivity contribution in [1.82, 2.24) is 0 Å². The number of primary amides is 1. The molecule has 6 N–H and O–H groups in total. The van der Waals surface area contributed by atoms with Gasteiger partial charge in [0.15, 0.2) is 11.4 Å². The molecule has 3 unspecified atom stereocenters. The highest BCUT2D eigenvalue weighted by molar-refractivity contribution is 6.22. The summed E-state index contributed by atoms with van der Waals surface area (Å²) in [5, 5.41) is 42.7. The van der Waals surface area contributed by atoms with Crippen LogP contribution in [0.2, 0.25) is 0 Å². The number of hydrogen-bond donors (Lipinski definition) is 5. The molecule has 0 saturated heterocycles. The maximum atomic E-state index is 13.3. The highest BCUT2D eigenvalue weighted by atomic mass is 19.4. The average molecular weight is 465 g/mol. The predicted octanol–water partition coefficient (Wildman–Crippen LogP) is 2.00. The third kappa shape index (κ3) is 2.99. The van der Waals surface area contributed by atoms with E-state index in [4.69, 9.17) is 5.73 Å². The minimum atomic E-state index is -4.80. The number of carbonyl (C=O) groups excluding carboxylic acids is 3. The predicted molar refractivity (Wildman–Crippen MR) is 106 cm³/mol. The third-order valence-corrected chi connectivity index (χ3v) is 6.61. The van der Waals surface area contributed by atoms with Crippen LogP contribution in [0.25, 0.3) is 11.3 Å². The van der Waals surface area contributed by atoms with Crippen LogP contribution in [0.1, 0.15) is 29.5 Å². The number of amides is 1. The molecule has 1 aromatic rings. The lowest BCUT2D eigenvalue weighted by Crippen LogP contribution is -2.58. The number of aliphatic hydroxyl groups excluding tert-OH is 2. The Morgan fingerprint density at radius 1 is 1.15 bits per heavy atom. The molecular formula is C22H18F3NO7. The van der Waals surface area contributed by atoms with Crippen LogP contribution in [0.4, 0.5) is 13.2 Å². The minimum absolute atomic E-state index is 0.0958. The molecule has 3 aliphatic carbocycles. The minimum Gasteiger partial charge on any atom is -0.508 e. The molecule has 33 heavy (non-hydrogen) atoms. The molecule has 0 spiro atoms. The van der Waals surface area contributed by atoms with Crippen LogP contribution in [0.5, 0.6) is 5.75 Å². The zero-order chi connectivity index (χ0) is 24.6. The molecule has 8 nitrogen and oxygen atoms in total. The zero-order valence-corrected chi connectivity index (χ0v) is 16.9. The molecule has 3 atom stereocenters. The van der Waals surface area contributed by atoms with Gasteiger partial charge >= 0.3 is 6.18 Å². The Labute approximate surface area is 184 Å². The Bertz CT molecular complexity index is 1230. The number of allylic oxidation sites excluding steroid dienone is 1. The molecule has 0 bridgehead atoms. The van der Waals surface area contributed by atoms with Crippen molar-refractivity contribution in [2.45, 2.75) is 31.0 Å². The summed E-state index contributed by atoms with van der Waals surface area (Å²) in [6, 6.07) is 1.91. The van der Waals surface area contributed by atoms with Crippen molar-refractivity contribution in [2.75, 3.05) is 0 Å². The fraction of sp³-hybridized carbons (Fsp3) is 0.318. The first-order chi connectivity index (χ1) is 15.2. The number of aliphatic hydroxyl groups is 3. The molecular weight excluding hydrogens is 447 g/mol. The van der Waals surface area contributed by atoms with Gasteiger partial charge in [-0.05, 0) is 36.0 Å². The van der Waals surface area contributed by atoms with Gasteiger partial charge in [-0.3, -0.25) is 14.4 Å². The van der Waals surface area contributed by atoms with Crippen LogP contribution < -0.4 is 5.73 Å². The average Bonchev–Trinajstić information content (AvgIpc) is 2.69. The van der Waals surface area contributed by atoms with Gasteiger partial charge in [-0.25, -0.2) is 0 Å². The summed E-state index contributed by atoms with van der Waals surface area (Å²) in [7, 11) is 0. The molecule has 1 aromatic carbocycles. The van der Waals surface area contributed by atoms with Crippen molar-refractivity contribution >= 4 is 28.8 Å². The molecule has 1 fully saturated rings. The molecule has 0 aliphatic heterocycles. The number of halogens is 3. The fourth-order valence-electron chi connectivity index (χ4n) is 5.06. The fourth-order valence-corrected chi connectivity index (χ4v) is 5.06. The maximum absolute atomic E-state index is 13.3. The number of rotatable bonds is 2. The highest BCUT2D eigenvalue weighted by Crippen LogP contribution is 2.53. The van der Waals surface area contributed by atoms with Gasteiger partial charge in [0.2, 0.25) is 5.78 Å². The second-order valence-corrected chi connectivity index (χ2v) is 8.37. The van der Waals surface area contributed by atoms with Gasteiger partial charge in [0.25, 0.3) is 5.91 Å². The lowest BCUT2D eigenvalue weighted by molar-refractivity contribution is -0.147. The van der Waals surface area contributed by atoms with E-state index in [2.05, 4.69) is 6.58 Å². The van der Waals surface area contributed by atoms with E-state index >= 15 is 0 Å². The lowest BCUT2D eigenvalue weighted by atomic mass is 9.59. The summed E-state index contributed by atoms with van der Waals surface area (Å²) in [5.74, 6) is -8.31. The summed E-state index contributed by atoms with van der Waals surface area (Å²) in [5.41, 5.74) is -1.12. The summed E-state index contributed by atoms with van der Waals surface area (Å²) < 4.78 is 40.0. The van der Waals surface area contributed by atoms with Crippen LogP contribution in [0.15, 0.2) is 35.6 Å². The zero-order valence-electron chi connectivity index (χ0n) is 16.9. The van der Waals surface area contributed by atoms with Crippen molar-refractivity contribution in [3.05, 3.63) is 52.3 Å². The van der Waals surface area contributed by atoms with E-state index in [0.717, 1.165) is 12.1 Å². The highest BCUT2D eigenvalue weighted by Gasteiger charge is 2.60. The first kappa shape index (κ1) is 22.6. The normalized spacial score (nSPS) is 27.2. The smallest absolute Gasteiger partial charge is 0.416 e. The molecule has 4 rings (SSSR count). The number of alkyl halides is 3. The Morgan fingerprint density at radius 3 is 2.36 bits per heavy atom. The monoisotopic (exact) mass is 465 g/mol. The molecule has 0 heterocycles. The number of benzene rings is 1. The van der Waals surface area contributed by atoms with Gasteiger partial charge in [-0.1, -0.05) is 12.6 Å². The molecule has 0 radical (unpaired) electrons. The Hall–Kier alpha value is -3.60. The molecule has 0 aromatic heterocycles. The van der Waals surface area contributed by atoms with Gasteiger partial charge < -0.3 is 26.2 Å². The van der Waals surface area contributed by atoms with Crippen LogP contribution in [-0.2, 0) is 20.8 Å². The Kier molecular flexibility index (Phi) is 4.76. The van der Waals surface area contributed by atoms with Crippen LogP contribution >= 0.6 is 0 Å². The van der Waals surface area contributed by atoms with Gasteiger partial charge in [-0.15, -0.1) is 0 Å². The van der Waals surface area contributed by atoms with E-state index in [-0.39, 0.29) is 24.0 Å². The van der Waals surface area contributed by atoms with E-state index in [1.807, 2.05) is 0 Å². The van der Waals surface area contributed by atoms with E-state index in [0.29, 0.717) is 0 Å². The lowest BCUT2D eigenvalue weighted by Gasteiger charge is -2.46. The number of fused-ring (bicyclic) bond motifs is 3. The third-order valence-electron chi connectivity index (χ3n) is 6.61. The van der Waals surface area contributed by atoms with Crippen LogP contribution in [0.3, 0.4) is 0 Å². The van der Waals surface area contributed by atoms with Crippen molar-refractivity contribution < 1.29 is 48.0 Å². The van der Waals surface area contributed by atoms with Gasteiger partial charge in [0.1, 0.15) is 22.8 Å². The summed E-state index contributed by atoms with van der Waals surface area (Å²) in [6.45, 7) is 3.06. The van der Waals surface area contributed by atoms with Gasteiger partial charge in [0.05, 0.1) is 11.1 Å². The number of carbonyl (C=O) groups is 3. The number of Topliss-reactive ketones (excluding diaryl/α,β-unsaturated/α-hetero) is 2. The quantitative estimate of drug-likeness (QED) is 0.418. The van der Waals surface area contributed by atoms with Crippen LogP contribution in [-0.4, -0.2) is 49.7 Å². The SMILES string of the molecule is C=C(c1ccc(O)c2c1CC1CC3CC(=O)C(C(N)=O)=C(O)C3(O)C(=O)C1=C2O)C(F)(F)F. The number of ketones is 2. The first-order valence-corrected chi connectivity index (χ1v) is 9.79. The number of hydrogen-bond acceptors (Lipinski definition) is 7. The summed E-state index contributed by atoms with van der Waals surface area (Å²) in [6.07, 6.45) is -5.75. The van der Waals surface area contributed by atoms with E-state index < -0.39 is 87.1 Å². The van der Waals surface area contributed by atoms with Crippen molar-refractivity contribution in [1.29, 1.82) is 0 Å². The largest absolute Gasteiger partial charge is 0.508 e. The van der Waals surface area contributed by atoms with Crippen LogP contribution in [0, 0.1) is 11.8 Å². The van der Waals surface area contributed by atoms with E-state index in [1.165, 1.54) is 0 Å². The Balaban J connectivity index is 1.94. The van der Waals surface area contributed by atoms with Gasteiger partial charge in [-0.2, -0.15) is 13.2 Å². The topological polar surface area (TPSA) is 158 Å². The van der Waals surface area contributed by atoms with Crippen molar-refractivity contribution in [3.8, 4) is 5.75 Å². The van der Waals surface area contributed by atoms with Crippen molar-refractivity contribution in [2.24, 2.45) is 17.6 Å².